The summed E-state index contributed by atoms with van der Waals surface area (Å²) in [4.78, 5) is 33.3. The Morgan fingerprint density at radius 3 is 2.48 bits per heavy atom. The van der Waals surface area contributed by atoms with E-state index in [1.165, 1.54) is 0 Å². The number of carboxylic acids is 2. The first-order valence-electron chi connectivity index (χ1n) is 7.17. The highest BCUT2D eigenvalue weighted by Gasteiger charge is 2.76. The lowest BCUT2D eigenvalue weighted by atomic mass is 9.97. The van der Waals surface area contributed by atoms with E-state index in [1.54, 1.807) is 24.3 Å². The fraction of sp³-hybridized carbons (Fsp3) is 0.467. The second-order valence-electron chi connectivity index (χ2n) is 5.92. The Hall–Kier alpha value is -1.53. The molecule has 3 rings (SSSR count). The summed E-state index contributed by atoms with van der Waals surface area (Å²) in [7, 11) is -2.09. The van der Waals surface area contributed by atoms with Gasteiger partial charge in [0.25, 0.3) is 0 Å². The molecule has 1 aliphatic heterocycles. The van der Waals surface area contributed by atoms with Crippen molar-refractivity contribution >= 4 is 20.1 Å². The Labute approximate surface area is 133 Å². The van der Waals surface area contributed by atoms with Gasteiger partial charge in [-0.15, -0.1) is 0 Å². The molecule has 0 aromatic heterocycles. The molecule has 1 saturated heterocycles. The number of hydrogen-bond donors (Lipinski definition) is 4. The van der Waals surface area contributed by atoms with E-state index in [2.05, 4.69) is 0 Å². The van der Waals surface area contributed by atoms with E-state index >= 15 is 0 Å². The zero-order chi connectivity index (χ0) is 16.8. The molecule has 0 spiro atoms. The zero-order valence-electron chi connectivity index (χ0n) is 12.1. The van der Waals surface area contributed by atoms with Gasteiger partial charge in [0.1, 0.15) is 5.85 Å². The van der Waals surface area contributed by atoms with Crippen LogP contribution in [0.5, 0.6) is 0 Å². The number of aliphatic carboxylic acids is 2. The molecule has 1 aromatic carbocycles. The number of ether oxygens (including phenoxy) is 1. The van der Waals surface area contributed by atoms with Crippen molar-refractivity contribution in [2.45, 2.75) is 17.6 Å². The predicted octanol–water partition coefficient (Wildman–Crippen LogP) is 0.695. The van der Waals surface area contributed by atoms with Gasteiger partial charge in [0.2, 0.25) is 5.60 Å². The van der Waals surface area contributed by atoms with Gasteiger partial charge < -0.3 is 24.9 Å². The zero-order valence-corrected chi connectivity index (χ0v) is 13.0. The highest BCUT2D eigenvalue weighted by atomic mass is 31.1. The lowest BCUT2D eigenvalue weighted by molar-refractivity contribution is -0.175. The molecular formula is C15H17O7P. The van der Waals surface area contributed by atoms with Crippen molar-refractivity contribution in [2.75, 3.05) is 6.61 Å². The van der Waals surface area contributed by atoms with Crippen molar-refractivity contribution in [3.8, 4) is 0 Å². The molecule has 2 aliphatic rings. The van der Waals surface area contributed by atoms with Gasteiger partial charge in [-0.2, -0.15) is 0 Å². The summed E-state index contributed by atoms with van der Waals surface area (Å²) in [6, 6.07) is 8.90. The van der Waals surface area contributed by atoms with Crippen LogP contribution in [0.1, 0.15) is 5.56 Å². The number of carbonyl (C=O) groups is 2. The van der Waals surface area contributed by atoms with Crippen molar-refractivity contribution in [3.05, 3.63) is 35.9 Å². The van der Waals surface area contributed by atoms with Gasteiger partial charge in [-0.3, -0.25) is 4.79 Å². The normalized spacial score (nSPS) is 34.4. The number of aliphatic hydroxyl groups excluding tert-OH is 1. The molecule has 7 nitrogen and oxygen atoms in total. The van der Waals surface area contributed by atoms with Gasteiger partial charge in [-0.25, -0.2) is 4.79 Å². The number of carboxylic acid groups (broad SMARTS) is 2. The minimum atomic E-state index is -2.09. The highest BCUT2D eigenvalue weighted by molar-refractivity contribution is 7.51. The average Bonchev–Trinajstić information content (AvgIpc) is 3.12. The lowest BCUT2D eigenvalue weighted by Crippen LogP contribution is -2.52. The van der Waals surface area contributed by atoms with Crippen molar-refractivity contribution < 1.29 is 34.5 Å². The molecule has 6 atom stereocenters. The highest BCUT2D eigenvalue weighted by Crippen LogP contribution is 2.64. The third-order valence-electron chi connectivity index (χ3n) is 4.65. The second-order valence-corrected chi connectivity index (χ2v) is 7.60. The molecule has 1 heterocycles. The number of fused-ring (bicyclic) bond motifs is 1. The van der Waals surface area contributed by atoms with Gasteiger partial charge in [-0.05, 0) is 5.56 Å². The van der Waals surface area contributed by atoms with E-state index in [4.69, 9.17) is 9.84 Å². The number of aliphatic hydroxyl groups is 1. The maximum absolute atomic E-state index is 11.7. The molecule has 0 radical (unpaired) electrons. The third kappa shape index (κ3) is 2.54. The van der Waals surface area contributed by atoms with Crippen molar-refractivity contribution in [2.24, 2.45) is 17.8 Å². The SMILES string of the molecule is O=C(O)C1C2COC(C(=O)O)(C(O)P(O)Cc3ccccc3)C21. The molecule has 2 fully saturated rings. The summed E-state index contributed by atoms with van der Waals surface area (Å²) in [5.74, 6) is -6.22. The Morgan fingerprint density at radius 1 is 1.30 bits per heavy atom. The topological polar surface area (TPSA) is 124 Å². The summed E-state index contributed by atoms with van der Waals surface area (Å²) in [5, 5.41) is 29.2. The smallest absolute Gasteiger partial charge is 0.339 e. The fourth-order valence-electron chi connectivity index (χ4n) is 3.47. The van der Waals surface area contributed by atoms with Crippen molar-refractivity contribution in [1.29, 1.82) is 0 Å². The van der Waals surface area contributed by atoms with Crippen LogP contribution in [-0.2, 0) is 20.5 Å². The van der Waals surface area contributed by atoms with Crippen LogP contribution in [-0.4, -0.2) is 50.2 Å². The Bertz CT molecular complexity index is 622. The molecule has 4 N–H and O–H groups in total. The van der Waals surface area contributed by atoms with Crippen molar-refractivity contribution in [1.82, 2.24) is 0 Å². The molecule has 1 saturated carbocycles. The molecular weight excluding hydrogens is 323 g/mol. The monoisotopic (exact) mass is 340 g/mol. The molecule has 8 heteroatoms. The number of benzene rings is 1. The summed E-state index contributed by atoms with van der Waals surface area (Å²) in [5.41, 5.74) is -1.27. The fourth-order valence-corrected chi connectivity index (χ4v) is 5.03. The van der Waals surface area contributed by atoms with E-state index < -0.39 is 49.3 Å². The molecule has 0 amide bonds. The first kappa shape index (κ1) is 16.3. The van der Waals surface area contributed by atoms with Crippen LogP contribution in [0.4, 0.5) is 0 Å². The molecule has 1 aromatic rings. The molecule has 124 valence electrons. The minimum Gasteiger partial charge on any atom is -0.481 e. The van der Waals surface area contributed by atoms with Crippen LogP contribution < -0.4 is 0 Å². The Morgan fingerprint density at radius 2 is 1.96 bits per heavy atom. The van der Waals surface area contributed by atoms with Crippen LogP contribution in [0.3, 0.4) is 0 Å². The largest absolute Gasteiger partial charge is 0.481 e. The Balaban J connectivity index is 1.81. The van der Waals surface area contributed by atoms with Gasteiger partial charge in [0, 0.05) is 18.0 Å². The van der Waals surface area contributed by atoms with Crippen LogP contribution in [0, 0.1) is 17.8 Å². The quantitative estimate of drug-likeness (QED) is 0.562. The molecule has 1 aliphatic carbocycles. The average molecular weight is 340 g/mol. The van der Waals surface area contributed by atoms with Crippen LogP contribution >= 0.6 is 8.15 Å². The maximum Gasteiger partial charge on any atom is 0.339 e. The molecule has 23 heavy (non-hydrogen) atoms. The Kier molecular flexibility index (Phi) is 4.14. The third-order valence-corrected chi connectivity index (χ3v) is 6.29. The lowest BCUT2D eigenvalue weighted by Gasteiger charge is -2.34. The number of rotatable bonds is 6. The first-order chi connectivity index (χ1) is 10.9. The second kappa shape index (κ2) is 5.83. The molecule has 0 bridgehead atoms. The summed E-state index contributed by atoms with van der Waals surface area (Å²) in [6.45, 7) is -0.0283. The molecule has 6 unspecified atom stereocenters. The first-order valence-corrected chi connectivity index (χ1v) is 8.72. The summed E-state index contributed by atoms with van der Waals surface area (Å²) < 4.78 is 5.31. The maximum atomic E-state index is 11.7. The van der Waals surface area contributed by atoms with E-state index in [-0.39, 0.29) is 12.8 Å². The minimum absolute atomic E-state index is 0.0283. The van der Waals surface area contributed by atoms with Crippen LogP contribution in [0.25, 0.3) is 0 Å². The van der Waals surface area contributed by atoms with E-state index in [0.717, 1.165) is 5.56 Å². The standard InChI is InChI=1S/C15H17O7P/c16-12(17)10-9-6-22-15(11(9)10,13(18)19)14(20)23(21)7-8-4-2-1-3-5-8/h1-5,9-11,14,20-21H,6-7H2,(H,16,17)(H,18,19). The van der Waals surface area contributed by atoms with E-state index in [0.29, 0.717) is 0 Å². The van der Waals surface area contributed by atoms with Crippen LogP contribution in [0.15, 0.2) is 30.3 Å². The summed E-state index contributed by atoms with van der Waals surface area (Å²) in [6.07, 6.45) is 0.116. The van der Waals surface area contributed by atoms with Gasteiger partial charge >= 0.3 is 11.9 Å². The number of hydrogen-bond acceptors (Lipinski definition) is 5. The van der Waals surface area contributed by atoms with Gasteiger partial charge in [0.05, 0.1) is 20.7 Å². The summed E-state index contributed by atoms with van der Waals surface area (Å²) >= 11 is 0. The van der Waals surface area contributed by atoms with Gasteiger partial charge in [-0.1, -0.05) is 30.3 Å². The van der Waals surface area contributed by atoms with E-state index in [9.17, 15) is 24.7 Å². The van der Waals surface area contributed by atoms with E-state index in [1.807, 2.05) is 6.07 Å². The van der Waals surface area contributed by atoms with Gasteiger partial charge in [0.15, 0.2) is 0 Å². The van der Waals surface area contributed by atoms with Crippen LogP contribution in [0.2, 0.25) is 0 Å². The predicted molar refractivity (Wildman–Crippen MR) is 79.7 cm³/mol. The van der Waals surface area contributed by atoms with Crippen molar-refractivity contribution in [3.63, 3.8) is 0 Å².